The number of pyridine rings is 1. The zero-order valence-corrected chi connectivity index (χ0v) is 15.7. The van der Waals surface area contributed by atoms with Gasteiger partial charge in [-0.3, -0.25) is 0 Å². The van der Waals surface area contributed by atoms with Crippen LogP contribution in [0, 0.1) is 17.5 Å². The number of fused-ring (bicyclic) bond motifs is 1. The molecule has 2 saturated carbocycles. The molecule has 150 valence electrons. The molecule has 0 spiro atoms. The van der Waals surface area contributed by atoms with E-state index in [1.807, 2.05) is 0 Å². The molecule has 0 unspecified atom stereocenters. The van der Waals surface area contributed by atoms with E-state index >= 15 is 0 Å². The van der Waals surface area contributed by atoms with Gasteiger partial charge in [0.15, 0.2) is 5.65 Å². The molecule has 1 aromatic carbocycles. The van der Waals surface area contributed by atoms with Crippen molar-refractivity contribution >= 4 is 22.7 Å². The zero-order valence-electron chi connectivity index (χ0n) is 15.7. The third kappa shape index (κ3) is 3.26. The quantitative estimate of drug-likeness (QED) is 0.630. The predicted octanol–water partition coefficient (Wildman–Crippen LogP) is 5.04. The lowest BCUT2D eigenvalue weighted by molar-refractivity contribution is 0.443. The van der Waals surface area contributed by atoms with Gasteiger partial charge in [0.1, 0.15) is 28.8 Å². The minimum absolute atomic E-state index is 0.179. The highest BCUT2D eigenvalue weighted by Crippen LogP contribution is 2.43. The van der Waals surface area contributed by atoms with Gasteiger partial charge in [-0.1, -0.05) is 0 Å². The molecular weight excluding hydrogens is 379 g/mol. The van der Waals surface area contributed by atoms with Crippen molar-refractivity contribution in [1.82, 2.24) is 15.0 Å². The molecular formula is C21H20F3N5. The lowest BCUT2D eigenvalue weighted by atomic mass is 9.91. The van der Waals surface area contributed by atoms with E-state index in [4.69, 9.17) is 0 Å². The van der Waals surface area contributed by atoms with E-state index in [0.29, 0.717) is 34.8 Å². The van der Waals surface area contributed by atoms with Crippen LogP contribution in [0.4, 0.5) is 24.7 Å². The first kappa shape index (κ1) is 18.1. The monoisotopic (exact) mass is 399 g/mol. The fourth-order valence-electron chi connectivity index (χ4n) is 3.76. The summed E-state index contributed by atoms with van der Waals surface area (Å²) in [6.07, 6.45) is 9.08. The van der Waals surface area contributed by atoms with Crippen LogP contribution in [-0.4, -0.2) is 27.0 Å². The van der Waals surface area contributed by atoms with Crippen LogP contribution in [0.1, 0.15) is 38.5 Å². The number of benzene rings is 1. The van der Waals surface area contributed by atoms with E-state index < -0.39 is 17.5 Å². The maximum absolute atomic E-state index is 14.8. The smallest absolute Gasteiger partial charge is 0.182 e. The number of nitrogens with zero attached hydrogens (tertiary/aromatic N) is 3. The third-order valence-corrected chi connectivity index (χ3v) is 5.78. The van der Waals surface area contributed by atoms with Crippen LogP contribution in [0.5, 0.6) is 0 Å². The van der Waals surface area contributed by atoms with Crippen LogP contribution in [-0.2, 0) is 0 Å². The van der Waals surface area contributed by atoms with Crippen LogP contribution in [0.15, 0.2) is 24.5 Å². The molecule has 0 saturated heterocycles. The van der Waals surface area contributed by atoms with Crippen molar-refractivity contribution in [3.05, 3.63) is 42.0 Å². The first-order valence-electron chi connectivity index (χ1n) is 9.93. The van der Waals surface area contributed by atoms with Gasteiger partial charge in [0.25, 0.3) is 0 Å². The van der Waals surface area contributed by atoms with Crippen LogP contribution < -0.4 is 10.6 Å². The van der Waals surface area contributed by atoms with E-state index in [-0.39, 0.29) is 23.2 Å². The van der Waals surface area contributed by atoms with Crippen molar-refractivity contribution in [3.8, 4) is 11.1 Å². The summed E-state index contributed by atoms with van der Waals surface area (Å²) in [6, 6.07) is 1.75. The molecule has 29 heavy (non-hydrogen) atoms. The molecule has 5 rings (SSSR count). The van der Waals surface area contributed by atoms with Crippen molar-refractivity contribution in [2.24, 2.45) is 0 Å². The molecule has 0 aliphatic heterocycles. The summed E-state index contributed by atoms with van der Waals surface area (Å²) in [7, 11) is 0. The second-order valence-electron chi connectivity index (χ2n) is 7.73. The van der Waals surface area contributed by atoms with Gasteiger partial charge < -0.3 is 10.6 Å². The Balaban J connectivity index is 1.78. The largest absolute Gasteiger partial charge is 0.380 e. The molecule has 2 aromatic heterocycles. The Labute approximate surface area is 165 Å². The number of hydrogen-bond acceptors (Lipinski definition) is 5. The second-order valence-corrected chi connectivity index (χ2v) is 7.73. The lowest BCUT2D eigenvalue weighted by Crippen LogP contribution is -2.30. The van der Waals surface area contributed by atoms with Crippen molar-refractivity contribution in [2.75, 3.05) is 10.6 Å². The maximum atomic E-state index is 14.8. The SMILES string of the molecule is Fc1cc(F)c(-c2c(NC3CCC3)nc3nccnc3c2NC2CCC2)c(F)c1. The molecule has 0 amide bonds. The minimum atomic E-state index is -0.971. The summed E-state index contributed by atoms with van der Waals surface area (Å²) in [5.41, 5.74) is 1.25. The number of halogens is 3. The number of nitrogens with one attached hydrogen (secondary N) is 2. The van der Waals surface area contributed by atoms with Crippen molar-refractivity contribution in [2.45, 2.75) is 50.6 Å². The Morgan fingerprint density at radius 3 is 2.03 bits per heavy atom. The molecule has 2 N–H and O–H groups in total. The molecule has 0 atom stereocenters. The molecule has 0 bridgehead atoms. The Bertz CT molecular complexity index is 1060. The first-order chi connectivity index (χ1) is 14.1. The summed E-state index contributed by atoms with van der Waals surface area (Å²) in [5, 5.41) is 6.71. The molecule has 2 fully saturated rings. The lowest BCUT2D eigenvalue weighted by Gasteiger charge is -2.31. The highest BCUT2D eigenvalue weighted by molar-refractivity contribution is 6.01. The highest BCUT2D eigenvalue weighted by atomic mass is 19.1. The standard InChI is InChI=1S/C21H20F3N5/c22-11-9-14(23)16(15(24)10-11)17-18(27-12-3-1-4-12)19-21(26-8-7-25-19)29-20(17)28-13-5-2-6-13/h7-10,12-13H,1-6H2,(H2,26,27,28,29). The topological polar surface area (TPSA) is 62.7 Å². The molecule has 5 nitrogen and oxygen atoms in total. The van der Waals surface area contributed by atoms with Crippen molar-refractivity contribution in [1.29, 1.82) is 0 Å². The average molecular weight is 399 g/mol. The van der Waals surface area contributed by atoms with Gasteiger partial charge in [0, 0.05) is 36.6 Å². The first-order valence-corrected chi connectivity index (χ1v) is 9.93. The number of aromatic nitrogens is 3. The number of hydrogen-bond donors (Lipinski definition) is 2. The minimum Gasteiger partial charge on any atom is -0.380 e. The van der Waals surface area contributed by atoms with Crippen LogP contribution in [0.3, 0.4) is 0 Å². The van der Waals surface area contributed by atoms with Gasteiger partial charge in [0.2, 0.25) is 0 Å². The van der Waals surface area contributed by atoms with Crippen LogP contribution in [0.2, 0.25) is 0 Å². The van der Waals surface area contributed by atoms with Gasteiger partial charge in [-0.15, -0.1) is 0 Å². The summed E-state index contributed by atoms with van der Waals surface area (Å²) in [5.74, 6) is -2.56. The Morgan fingerprint density at radius 2 is 1.41 bits per heavy atom. The molecule has 8 heteroatoms. The van der Waals surface area contributed by atoms with Crippen LogP contribution in [0.25, 0.3) is 22.3 Å². The van der Waals surface area contributed by atoms with E-state index in [2.05, 4.69) is 25.6 Å². The Hall–Kier alpha value is -2.90. The third-order valence-electron chi connectivity index (χ3n) is 5.78. The summed E-state index contributed by atoms with van der Waals surface area (Å²) in [6.45, 7) is 0. The van der Waals surface area contributed by atoms with Gasteiger partial charge in [0.05, 0.1) is 16.8 Å². The Morgan fingerprint density at radius 1 is 0.793 bits per heavy atom. The average Bonchev–Trinajstić information content (AvgIpc) is 2.61. The molecule has 2 aliphatic rings. The number of anilines is 2. The fraction of sp³-hybridized carbons (Fsp3) is 0.381. The highest BCUT2D eigenvalue weighted by Gasteiger charge is 2.29. The summed E-state index contributed by atoms with van der Waals surface area (Å²) in [4.78, 5) is 13.2. The number of rotatable bonds is 5. The van der Waals surface area contributed by atoms with E-state index in [1.165, 1.54) is 12.4 Å². The predicted molar refractivity (Wildman–Crippen MR) is 105 cm³/mol. The van der Waals surface area contributed by atoms with Gasteiger partial charge in [-0.05, 0) is 38.5 Å². The fourth-order valence-corrected chi connectivity index (χ4v) is 3.76. The summed E-state index contributed by atoms with van der Waals surface area (Å²) >= 11 is 0. The van der Waals surface area contributed by atoms with E-state index in [1.54, 1.807) is 0 Å². The molecule has 0 radical (unpaired) electrons. The maximum Gasteiger partial charge on any atom is 0.182 e. The Kier molecular flexibility index (Phi) is 4.49. The van der Waals surface area contributed by atoms with Crippen LogP contribution >= 0.6 is 0 Å². The molecule has 2 aliphatic carbocycles. The zero-order chi connectivity index (χ0) is 20.0. The van der Waals surface area contributed by atoms with Gasteiger partial charge >= 0.3 is 0 Å². The van der Waals surface area contributed by atoms with Gasteiger partial charge in [-0.25, -0.2) is 28.1 Å². The second kappa shape index (κ2) is 7.17. The van der Waals surface area contributed by atoms with Crippen molar-refractivity contribution < 1.29 is 13.2 Å². The normalized spacial score (nSPS) is 17.1. The van der Waals surface area contributed by atoms with E-state index in [9.17, 15) is 13.2 Å². The van der Waals surface area contributed by atoms with Crippen molar-refractivity contribution in [3.63, 3.8) is 0 Å². The van der Waals surface area contributed by atoms with E-state index in [0.717, 1.165) is 38.5 Å². The summed E-state index contributed by atoms with van der Waals surface area (Å²) < 4.78 is 43.2. The van der Waals surface area contributed by atoms with Gasteiger partial charge in [-0.2, -0.15) is 0 Å². The molecule has 3 aromatic rings. The molecule has 2 heterocycles.